The predicted octanol–water partition coefficient (Wildman–Crippen LogP) is 1.53. The lowest BCUT2D eigenvalue weighted by atomic mass is 10.1. The van der Waals surface area contributed by atoms with Gasteiger partial charge in [0.1, 0.15) is 0 Å². The molecule has 0 N–H and O–H groups in total. The van der Waals surface area contributed by atoms with Crippen LogP contribution in [0.1, 0.15) is 19.8 Å². The van der Waals surface area contributed by atoms with Crippen LogP contribution >= 0.6 is 11.6 Å². The van der Waals surface area contributed by atoms with Crippen molar-refractivity contribution in [1.82, 2.24) is 15.2 Å². The molecule has 1 fully saturated rings. The smallest absolute Gasteiger partial charge is 0.244 e. The highest BCUT2D eigenvalue weighted by Crippen LogP contribution is 2.19. The molecule has 0 radical (unpaired) electrons. The van der Waals surface area contributed by atoms with Crippen LogP contribution in [-0.4, -0.2) is 41.0 Å². The largest absolute Gasteiger partial charge is 0.378 e. The molecule has 0 atom stereocenters. The molecule has 1 saturated heterocycles. The van der Waals surface area contributed by atoms with Crippen molar-refractivity contribution in [3.8, 4) is 0 Å². The summed E-state index contributed by atoms with van der Waals surface area (Å²) in [6, 6.07) is 0. The third-order valence-corrected chi connectivity index (χ3v) is 2.85. The molecule has 88 valence electrons. The minimum atomic E-state index is 0.199. The standard InChI is InChI=1S/C10H15ClN4O/c1-2-16-8-3-5-15(6-4-8)9-7-12-14-10(11)13-9/h7-8H,2-6H2,1H3. The summed E-state index contributed by atoms with van der Waals surface area (Å²) in [5, 5.41) is 7.63. The van der Waals surface area contributed by atoms with Gasteiger partial charge >= 0.3 is 0 Å². The maximum Gasteiger partial charge on any atom is 0.244 e. The van der Waals surface area contributed by atoms with Crippen LogP contribution < -0.4 is 4.90 Å². The molecule has 2 rings (SSSR count). The van der Waals surface area contributed by atoms with E-state index in [9.17, 15) is 0 Å². The number of piperidine rings is 1. The summed E-state index contributed by atoms with van der Waals surface area (Å²) in [5.41, 5.74) is 0. The first-order chi connectivity index (χ1) is 7.79. The highest BCUT2D eigenvalue weighted by Gasteiger charge is 2.20. The summed E-state index contributed by atoms with van der Waals surface area (Å²) in [4.78, 5) is 6.31. The molecular formula is C10H15ClN4O. The van der Waals surface area contributed by atoms with E-state index in [2.05, 4.69) is 20.1 Å². The molecule has 0 spiro atoms. The number of rotatable bonds is 3. The fraction of sp³-hybridized carbons (Fsp3) is 0.700. The second-order valence-electron chi connectivity index (χ2n) is 3.73. The van der Waals surface area contributed by atoms with Crippen molar-refractivity contribution in [2.75, 3.05) is 24.6 Å². The van der Waals surface area contributed by atoms with Gasteiger partial charge in [0.25, 0.3) is 0 Å². The maximum absolute atomic E-state index is 5.71. The minimum Gasteiger partial charge on any atom is -0.378 e. The van der Waals surface area contributed by atoms with Crippen LogP contribution in [-0.2, 0) is 4.74 Å². The van der Waals surface area contributed by atoms with Gasteiger partial charge in [0, 0.05) is 19.7 Å². The Kier molecular flexibility index (Phi) is 3.90. The van der Waals surface area contributed by atoms with E-state index in [0.29, 0.717) is 6.10 Å². The van der Waals surface area contributed by atoms with Gasteiger partial charge in [0.2, 0.25) is 5.28 Å². The zero-order chi connectivity index (χ0) is 11.4. The first-order valence-electron chi connectivity index (χ1n) is 5.51. The van der Waals surface area contributed by atoms with E-state index in [1.54, 1.807) is 6.20 Å². The zero-order valence-electron chi connectivity index (χ0n) is 9.27. The fourth-order valence-electron chi connectivity index (χ4n) is 1.91. The van der Waals surface area contributed by atoms with Gasteiger partial charge in [-0.05, 0) is 31.4 Å². The van der Waals surface area contributed by atoms with Gasteiger partial charge < -0.3 is 9.64 Å². The van der Waals surface area contributed by atoms with Crippen LogP contribution in [0.3, 0.4) is 0 Å². The lowest BCUT2D eigenvalue weighted by Crippen LogP contribution is -2.37. The molecule has 0 aromatic carbocycles. The van der Waals surface area contributed by atoms with Crippen LogP contribution in [0, 0.1) is 0 Å². The Labute approximate surface area is 99.8 Å². The van der Waals surface area contributed by atoms with Gasteiger partial charge in [-0.1, -0.05) is 0 Å². The van der Waals surface area contributed by atoms with E-state index >= 15 is 0 Å². The van der Waals surface area contributed by atoms with E-state index in [0.717, 1.165) is 38.4 Å². The highest BCUT2D eigenvalue weighted by atomic mass is 35.5. The molecule has 16 heavy (non-hydrogen) atoms. The van der Waals surface area contributed by atoms with E-state index < -0.39 is 0 Å². The van der Waals surface area contributed by atoms with Gasteiger partial charge in [-0.25, -0.2) is 0 Å². The van der Waals surface area contributed by atoms with Crippen molar-refractivity contribution in [3.05, 3.63) is 11.5 Å². The zero-order valence-corrected chi connectivity index (χ0v) is 10.0. The van der Waals surface area contributed by atoms with Gasteiger partial charge in [-0.3, -0.25) is 0 Å². The highest BCUT2D eigenvalue weighted by molar-refractivity contribution is 6.28. The topological polar surface area (TPSA) is 51.1 Å². The molecule has 6 heteroatoms. The number of aromatic nitrogens is 3. The minimum absolute atomic E-state index is 0.199. The Bertz CT molecular complexity index is 341. The van der Waals surface area contributed by atoms with E-state index in [1.165, 1.54) is 0 Å². The Hall–Kier alpha value is -0.940. The van der Waals surface area contributed by atoms with Crippen LogP contribution in [0.4, 0.5) is 5.82 Å². The van der Waals surface area contributed by atoms with Crippen LogP contribution in [0.2, 0.25) is 5.28 Å². The fourth-order valence-corrected chi connectivity index (χ4v) is 2.04. The summed E-state index contributed by atoms with van der Waals surface area (Å²) in [6.07, 6.45) is 4.07. The van der Waals surface area contributed by atoms with E-state index in [-0.39, 0.29) is 5.28 Å². The van der Waals surface area contributed by atoms with Gasteiger partial charge in [0.05, 0.1) is 12.3 Å². The molecule has 0 bridgehead atoms. The normalized spacial score (nSPS) is 17.8. The second kappa shape index (κ2) is 5.41. The molecule has 0 saturated carbocycles. The molecule has 1 aliphatic rings. The summed E-state index contributed by atoms with van der Waals surface area (Å²) in [6.45, 7) is 4.67. The average molecular weight is 243 g/mol. The van der Waals surface area contributed by atoms with Crippen molar-refractivity contribution >= 4 is 17.4 Å². The van der Waals surface area contributed by atoms with Crippen molar-refractivity contribution in [2.45, 2.75) is 25.9 Å². The molecule has 0 unspecified atom stereocenters. The maximum atomic E-state index is 5.71. The van der Waals surface area contributed by atoms with Crippen LogP contribution in [0.5, 0.6) is 0 Å². The third kappa shape index (κ3) is 2.80. The van der Waals surface area contributed by atoms with Gasteiger partial charge in [0.15, 0.2) is 5.82 Å². The van der Waals surface area contributed by atoms with Crippen molar-refractivity contribution in [3.63, 3.8) is 0 Å². The first-order valence-corrected chi connectivity index (χ1v) is 5.89. The molecule has 0 amide bonds. The summed E-state index contributed by atoms with van der Waals surface area (Å²) < 4.78 is 5.59. The number of anilines is 1. The number of nitrogens with zero attached hydrogens (tertiary/aromatic N) is 4. The number of hydrogen-bond donors (Lipinski definition) is 0. The molecular weight excluding hydrogens is 228 g/mol. The Morgan fingerprint density at radius 3 is 2.88 bits per heavy atom. The SMILES string of the molecule is CCOC1CCN(c2cnnc(Cl)n2)CC1. The quantitative estimate of drug-likeness (QED) is 0.805. The average Bonchev–Trinajstić information content (AvgIpc) is 2.30. The summed E-state index contributed by atoms with van der Waals surface area (Å²) in [7, 11) is 0. The Morgan fingerprint density at radius 1 is 1.50 bits per heavy atom. The van der Waals surface area contributed by atoms with Crippen LogP contribution in [0.15, 0.2) is 6.20 Å². The molecule has 1 aliphatic heterocycles. The number of hydrogen-bond acceptors (Lipinski definition) is 5. The number of ether oxygens (including phenoxy) is 1. The van der Waals surface area contributed by atoms with Crippen molar-refractivity contribution in [2.24, 2.45) is 0 Å². The first kappa shape index (κ1) is 11.5. The molecule has 1 aromatic heterocycles. The van der Waals surface area contributed by atoms with E-state index in [1.807, 2.05) is 6.92 Å². The van der Waals surface area contributed by atoms with Gasteiger partial charge in [-0.15, -0.1) is 5.10 Å². The van der Waals surface area contributed by atoms with Gasteiger partial charge in [-0.2, -0.15) is 10.1 Å². The van der Waals surface area contributed by atoms with Crippen molar-refractivity contribution in [1.29, 1.82) is 0 Å². The monoisotopic (exact) mass is 242 g/mol. The predicted molar refractivity (Wildman–Crippen MR) is 61.7 cm³/mol. The van der Waals surface area contributed by atoms with E-state index in [4.69, 9.17) is 16.3 Å². The molecule has 0 aliphatic carbocycles. The molecule has 1 aromatic rings. The molecule has 5 nitrogen and oxygen atoms in total. The van der Waals surface area contributed by atoms with Crippen molar-refractivity contribution < 1.29 is 4.74 Å². The molecule has 2 heterocycles. The Balaban J connectivity index is 1.94. The second-order valence-corrected chi connectivity index (χ2v) is 4.06. The van der Waals surface area contributed by atoms with Crippen LogP contribution in [0.25, 0.3) is 0 Å². The lowest BCUT2D eigenvalue weighted by Gasteiger charge is -2.32. The number of halogens is 1. The third-order valence-electron chi connectivity index (χ3n) is 2.69. The Morgan fingerprint density at radius 2 is 2.25 bits per heavy atom. The lowest BCUT2D eigenvalue weighted by molar-refractivity contribution is 0.0458. The summed E-state index contributed by atoms with van der Waals surface area (Å²) in [5.74, 6) is 0.801. The summed E-state index contributed by atoms with van der Waals surface area (Å²) >= 11 is 5.71.